The third-order valence-electron chi connectivity index (χ3n) is 3.27. The first kappa shape index (κ1) is 9.50. The molecule has 0 spiro atoms. The lowest BCUT2D eigenvalue weighted by Gasteiger charge is -2.35. The first-order valence-electron chi connectivity index (χ1n) is 4.64. The molecule has 1 aliphatic carbocycles. The molecule has 1 nitrogen and oxygen atoms in total. The van der Waals surface area contributed by atoms with Gasteiger partial charge in [0.15, 0.2) is 0 Å². The quantitative estimate of drug-likeness (QED) is 0.547. The number of carbonyl (C=O) groups excluding carboxylic acids is 1. The SMILES string of the molecule is C=C(C)C1(C)CCC(C)C(=O)C1. The van der Waals surface area contributed by atoms with Crippen molar-refractivity contribution in [1.29, 1.82) is 0 Å². The highest BCUT2D eigenvalue weighted by Gasteiger charge is 2.34. The zero-order valence-electron chi connectivity index (χ0n) is 8.31. The lowest BCUT2D eigenvalue weighted by molar-refractivity contribution is -0.126. The van der Waals surface area contributed by atoms with E-state index in [1.165, 1.54) is 0 Å². The fourth-order valence-corrected chi connectivity index (χ4v) is 1.71. The van der Waals surface area contributed by atoms with E-state index in [1.807, 2.05) is 13.8 Å². The number of carbonyl (C=O) groups is 1. The largest absolute Gasteiger partial charge is 0.299 e. The average molecular weight is 166 g/mol. The smallest absolute Gasteiger partial charge is 0.136 e. The highest BCUT2D eigenvalue weighted by Crippen LogP contribution is 2.41. The zero-order chi connectivity index (χ0) is 9.35. The Kier molecular flexibility index (Phi) is 2.41. The highest BCUT2D eigenvalue weighted by molar-refractivity contribution is 5.82. The number of hydrogen-bond donors (Lipinski definition) is 0. The Morgan fingerprint density at radius 2 is 2.25 bits per heavy atom. The standard InChI is InChI=1S/C11H18O/c1-8(2)11(4)6-5-9(3)10(12)7-11/h9H,1,5-7H2,2-4H3. The molecular weight excluding hydrogens is 148 g/mol. The predicted octanol–water partition coefficient (Wildman–Crippen LogP) is 2.96. The van der Waals surface area contributed by atoms with Gasteiger partial charge in [-0.25, -0.2) is 0 Å². The summed E-state index contributed by atoms with van der Waals surface area (Å²) in [5, 5.41) is 0. The van der Waals surface area contributed by atoms with Crippen LogP contribution in [0.15, 0.2) is 12.2 Å². The maximum atomic E-state index is 11.5. The van der Waals surface area contributed by atoms with Crippen molar-refractivity contribution in [3.05, 3.63) is 12.2 Å². The Bertz CT molecular complexity index is 217. The van der Waals surface area contributed by atoms with Gasteiger partial charge in [-0.3, -0.25) is 4.79 Å². The second-order valence-electron chi connectivity index (χ2n) is 4.42. The van der Waals surface area contributed by atoms with E-state index in [9.17, 15) is 4.79 Å². The van der Waals surface area contributed by atoms with Gasteiger partial charge in [0.1, 0.15) is 5.78 Å². The maximum absolute atomic E-state index is 11.5. The average Bonchev–Trinajstić information content (AvgIpc) is 1.97. The third kappa shape index (κ3) is 1.60. The Morgan fingerprint density at radius 1 is 1.67 bits per heavy atom. The van der Waals surface area contributed by atoms with Crippen LogP contribution in [-0.4, -0.2) is 5.78 Å². The van der Waals surface area contributed by atoms with Gasteiger partial charge in [0.25, 0.3) is 0 Å². The molecule has 0 aliphatic heterocycles. The van der Waals surface area contributed by atoms with Crippen molar-refractivity contribution in [2.45, 2.75) is 40.0 Å². The van der Waals surface area contributed by atoms with E-state index in [4.69, 9.17) is 0 Å². The number of hydrogen-bond acceptors (Lipinski definition) is 1. The van der Waals surface area contributed by atoms with Crippen LogP contribution in [0.1, 0.15) is 40.0 Å². The molecule has 0 N–H and O–H groups in total. The molecule has 0 amide bonds. The van der Waals surface area contributed by atoms with Crippen LogP contribution in [0.2, 0.25) is 0 Å². The van der Waals surface area contributed by atoms with Gasteiger partial charge in [-0.05, 0) is 25.2 Å². The van der Waals surface area contributed by atoms with Gasteiger partial charge in [-0.15, -0.1) is 0 Å². The van der Waals surface area contributed by atoms with Crippen LogP contribution in [0.3, 0.4) is 0 Å². The monoisotopic (exact) mass is 166 g/mol. The second kappa shape index (κ2) is 3.04. The molecule has 1 rings (SSSR count). The van der Waals surface area contributed by atoms with Gasteiger partial charge in [-0.2, -0.15) is 0 Å². The molecule has 2 unspecified atom stereocenters. The van der Waals surface area contributed by atoms with Crippen molar-refractivity contribution in [2.75, 3.05) is 0 Å². The summed E-state index contributed by atoms with van der Waals surface area (Å²) < 4.78 is 0. The summed E-state index contributed by atoms with van der Waals surface area (Å²) in [4.78, 5) is 11.5. The van der Waals surface area contributed by atoms with E-state index in [0.29, 0.717) is 12.2 Å². The molecule has 12 heavy (non-hydrogen) atoms. The fraction of sp³-hybridized carbons (Fsp3) is 0.727. The van der Waals surface area contributed by atoms with Gasteiger partial charge < -0.3 is 0 Å². The van der Waals surface area contributed by atoms with Crippen LogP contribution in [0, 0.1) is 11.3 Å². The molecule has 68 valence electrons. The minimum atomic E-state index is 0.0869. The van der Waals surface area contributed by atoms with Gasteiger partial charge in [0, 0.05) is 12.3 Å². The van der Waals surface area contributed by atoms with E-state index in [0.717, 1.165) is 18.4 Å². The van der Waals surface area contributed by atoms with Crippen molar-refractivity contribution in [3.63, 3.8) is 0 Å². The van der Waals surface area contributed by atoms with Crippen molar-refractivity contribution < 1.29 is 4.79 Å². The molecule has 0 bridgehead atoms. The molecule has 1 heteroatoms. The Balaban J connectivity index is 2.73. The molecule has 1 fully saturated rings. The molecule has 1 aliphatic rings. The number of ketones is 1. The summed E-state index contributed by atoms with van der Waals surface area (Å²) in [7, 11) is 0. The molecule has 0 radical (unpaired) electrons. The first-order valence-corrected chi connectivity index (χ1v) is 4.64. The van der Waals surface area contributed by atoms with Crippen molar-refractivity contribution in [1.82, 2.24) is 0 Å². The minimum absolute atomic E-state index is 0.0869. The molecule has 0 aromatic carbocycles. The first-order chi connectivity index (χ1) is 5.46. The predicted molar refractivity (Wildman–Crippen MR) is 50.9 cm³/mol. The van der Waals surface area contributed by atoms with Crippen LogP contribution in [-0.2, 0) is 4.79 Å². The van der Waals surface area contributed by atoms with Crippen molar-refractivity contribution >= 4 is 5.78 Å². The maximum Gasteiger partial charge on any atom is 0.136 e. The van der Waals surface area contributed by atoms with Gasteiger partial charge in [-0.1, -0.05) is 26.0 Å². The summed E-state index contributed by atoms with van der Waals surface area (Å²) in [6.07, 6.45) is 2.85. The second-order valence-corrected chi connectivity index (χ2v) is 4.42. The van der Waals surface area contributed by atoms with Crippen LogP contribution in [0.25, 0.3) is 0 Å². The third-order valence-corrected chi connectivity index (χ3v) is 3.27. The molecule has 0 heterocycles. The Morgan fingerprint density at radius 3 is 2.67 bits per heavy atom. The molecule has 0 aromatic heterocycles. The summed E-state index contributed by atoms with van der Waals surface area (Å²) in [6, 6.07) is 0. The van der Waals surface area contributed by atoms with Crippen LogP contribution < -0.4 is 0 Å². The molecule has 0 aromatic rings. The Labute approximate surface area is 74.9 Å². The fourth-order valence-electron chi connectivity index (χ4n) is 1.71. The van der Waals surface area contributed by atoms with E-state index >= 15 is 0 Å². The summed E-state index contributed by atoms with van der Waals surface area (Å²) in [5.74, 6) is 0.684. The van der Waals surface area contributed by atoms with Crippen LogP contribution in [0.4, 0.5) is 0 Å². The lowest BCUT2D eigenvalue weighted by atomic mass is 9.68. The van der Waals surface area contributed by atoms with Gasteiger partial charge in [0.2, 0.25) is 0 Å². The zero-order valence-corrected chi connectivity index (χ0v) is 8.31. The summed E-state index contributed by atoms with van der Waals surface area (Å²) in [6.45, 7) is 10.2. The van der Waals surface area contributed by atoms with Crippen molar-refractivity contribution in [3.8, 4) is 0 Å². The summed E-state index contributed by atoms with van der Waals surface area (Å²) in [5.41, 5.74) is 1.24. The topological polar surface area (TPSA) is 17.1 Å². The molecule has 2 atom stereocenters. The summed E-state index contributed by atoms with van der Waals surface area (Å²) >= 11 is 0. The highest BCUT2D eigenvalue weighted by atomic mass is 16.1. The molecular formula is C11H18O. The normalized spacial score (nSPS) is 36.6. The van der Waals surface area contributed by atoms with Crippen LogP contribution in [0.5, 0.6) is 0 Å². The van der Waals surface area contributed by atoms with Crippen LogP contribution >= 0.6 is 0 Å². The Hall–Kier alpha value is -0.590. The van der Waals surface area contributed by atoms with E-state index < -0.39 is 0 Å². The molecule has 1 saturated carbocycles. The van der Waals surface area contributed by atoms with E-state index in [1.54, 1.807) is 0 Å². The number of rotatable bonds is 1. The van der Waals surface area contributed by atoms with Gasteiger partial charge >= 0.3 is 0 Å². The number of allylic oxidation sites excluding steroid dienone is 1. The minimum Gasteiger partial charge on any atom is -0.299 e. The van der Waals surface area contributed by atoms with E-state index in [2.05, 4.69) is 13.5 Å². The molecule has 0 saturated heterocycles. The van der Waals surface area contributed by atoms with Gasteiger partial charge in [0.05, 0.1) is 0 Å². The number of Topliss-reactive ketones (excluding diaryl/α,β-unsaturated/α-hetero) is 1. The van der Waals surface area contributed by atoms with Crippen molar-refractivity contribution in [2.24, 2.45) is 11.3 Å². The lowest BCUT2D eigenvalue weighted by Crippen LogP contribution is -2.31. The van der Waals surface area contributed by atoms with E-state index in [-0.39, 0.29) is 11.3 Å².